The molecule has 2 aromatic heterocycles. The summed E-state index contributed by atoms with van der Waals surface area (Å²) in [6.07, 6.45) is -0.299. The summed E-state index contributed by atoms with van der Waals surface area (Å²) in [5, 5.41) is 2.82. The van der Waals surface area contributed by atoms with Gasteiger partial charge in [0.1, 0.15) is 17.8 Å². The highest BCUT2D eigenvalue weighted by Crippen LogP contribution is 2.29. The van der Waals surface area contributed by atoms with Crippen LogP contribution in [0.4, 0.5) is 23.8 Å². The van der Waals surface area contributed by atoms with Gasteiger partial charge in [-0.2, -0.15) is 13.2 Å². The number of alkyl halides is 3. The SMILES string of the molecule is O=C(NCc1ccncc1)N1CCN(c2cc(C(F)(F)F)ncn2)CC1. The van der Waals surface area contributed by atoms with E-state index in [-0.39, 0.29) is 11.8 Å². The fourth-order valence-corrected chi connectivity index (χ4v) is 2.60. The second-order valence-corrected chi connectivity index (χ2v) is 5.75. The molecule has 2 amide bonds. The molecule has 0 unspecified atom stereocenters. The zero-order valence-corrected chi connectivity index (χ0v) is 13.8. The fraction of sp³-hybridized carbons (Fsp3) is 0.375. The van der Waals surface area contributed by atoms with Crippen LogP contribution >= 0.6 is 0 Å². The molecule has 1 saturated heterocycles. The van der Waals surface area contributed by atoms with Crippen molar-refractivity contribution >= 4 is 11.8 Å². The molecule has 26 heavy (non-hydrogen) atoms. The van der Waals surface area contributed by atoms with E-state index >= 15 is 0 Å². The number of aromatic nitrogens is 3. The molecule has 10 heteroatoms. The van der Waals surface area contributed by atoms with Gasteiger partial charge in [0.15, 0.2) is 0 Å². The minimum absolute atomic E-state index is 0.208. The van der Waals surface area contributed by atoms with Gasteiger partial charge >= 0.3 is 12.2 Å². The smallest absolute Gasteiger partial charge is 0.353 e. The van der Waals surface area contributed by atoms with Crippen molar-refractivity contribution in [3.8, 4) is 0 Å². The number of urea groups is 1. The number of piperazine rings is 1. The summed E-state index contributed by atoms with van der Waals surface area (Å²) in [6.45, 7) is 1.98. The van der Waals surface area contributed by atoms with Crippen LogP contribution in [0.1, 0.15) is 11.3 Å². The average molecular weight is 366 g/mol. The summed E-state index contributed by atoms with van der Waals surface area (Å²) in [5.74, 6) is 0.212. The summed E-state index contributed by atoms with van der Waals surface area (Å²) in [6, 6.07) is 4.34. The molecule has 2 aromatic rings. The van der Waals surface area contributed by atoms with Crippen molar-refractivity contribution in [3.05, 3.63) is 48.2 Å². The third-order valence-corrected chi connectivity index (χ3v) is 4.03. The lowest BCUT2D eigenvalue weighted by Gasteiger charge is -2.35. The second kappa shape index (κ2) is 7.54. The van der Waals surface area contributed by atoms with E-state index in [2.05, 4.69) is 20.3 Å². The largest absolute Gasteiger partial charge is 0.433 e. The summed E-state index contributed by atoms with van der Waals surface area (Å²) >= 11 is 0. The molecule has 3 heterocycles. The highest BCUT2D eigenvalue weighted by Gasteiger charge is 2.33. The average Bonchev–Trinajstić information content (AvgIpc) is 2.66. The Balaban J connectivity index is 1.53. The lowest BCUT2D eigenvalue weighted by Crippen LogP contribution is -2.52. The summed E-state index contributed by atoms with van der Waals surface area (Å²) in [5.41, 5.74) is -0.0346. The Morgan fingerprint density at radius 3 is 2.46 bits per heavy atom. The van der Waals surface area contributed by atoms with Crippen molar-refractivity contribution in [2.75, 3.05) is 31.1 Å². The third-order valence-electron chi connectivity index (χ3n) is 4.03. The van der Waals surface area contributed by atoms with Gasteiger partial charge < -0.3 is 15.1 Å². The number of nitrogens with one attached hydrogen (secondary N) is 1. The zero-order chi connectivity index (χ0) is 18.6. The molecule has 1 aliphatic heterocycles. The predicted octanol–water partition coefficient (Wildman–Crippen LogP) is 1.92. The Morgan fingerprint density at radius 2 is 1.81 bits per heavy atom. The molecule has 0 aromatic carbocycles. The Labute approximate surface area is 147 Å². The monoisotopic (exact) mass is 366 g/mol. The zero-order valence-electron chi connectivity index (χ0n) is 13.8. The van der Waals surface area contributed by atoms with E-state index in [0.717, 1.165) is 18.0 Å². The van der Waals surface area contributed by atoms with Crippen LogP contribution in [0.15, 0.2) is 36.9 Å². The van der Waals surface area contributed by atoms with Gasteiger partial charge in [-0.15, -0.1) is 0 Å². The molecule has 0 aliphatic carbocycles. The molecule has 0 radical (unpaired) electrons. The Morgan fingerprint density at radius 1 is 1.12 bits per heavy atom. The maximum Gasteiger partial charge on any atom is 0.433 e. The lowest BCUT2D eigenvalue weighted by atomic mass is 10.2. The number of nitrogens with zero attached hydrogens (tertiary/aromatic N) is 5. The highest BCUT2D eigenvalue weighted by atomic mass is 19.4. The van der Waals surface area contributed by atoms with Gasteiger partial charge in [0.05, 0.1) is 0 Å². The molecule has 0 bridgehead atoms. The molecular formula is C16H17F3N6O. The van der Waals surface area contributed by atoms with Gasteiger partial charge in [-0.3, -0.25) is 4.98 Å². The van der Waals surface area contributed by atoms with Gasteiger partial charge in [-0.25, -0.2) is 14.8 Å². The number of carbonyl (C=O) groups is 1. The molecule has 138 valence electrons. The van der Waals surface area contributed by atoms with Gasteiger partial charge in [0.25, 0.3) is 0 Å². The summed E-state index contributed by atoms with van der Waals surface area (Å²) in [4.78, 5) is 26.6. The second-order valence-electron chi connectivity index (χ2n) is 5.75. The maximum atomic E-state index is 12.8. The summed E-state index contributed by atoms with van der Waals surface area (Å²) < 4.78 is 38.3. The predicted molar refractivity (Wildman–Crippen MR) is 87.3 cm³/mol. The molecule has 1 aliphatic rings. The normalized spacial score (nSPS) is 15.0. The molecule has 0 spiro atoms. The first kappa shape index (κ1) is 17.9. The van der Waals surface area contributed by atoms with E-state index in [9.17, 15) is 18.0 Å². The molecule has 7 nitrogen and oxygen atoms in total. The third kappa shape index (κ3) is 4.38. The Bertz CT molecular complexity index is 747. The van der Waals surface area contributed by atoms with Crippen molar-refractivity contribution in [1.29, 1.82) is 0 Å². The van der Waals surface area contributed by atoms with Crippen molar-refractivity contribution in [2.24, 2.45) is 0 Å². The first-order chi connectivity index (χ1) is 12.4. The Kier molecular flexibility index (Phi) is 5.19. The van der Waals surface area contributed by atoms with Crippen LogP contribution in [-0.4, -0.2) is 52.1 Å². The number of pyridine rings is 1. The number of carbonyl (C=O) groups excluding carboxylic acids is 1. The van der Waals surface area contributed by atoms with Crippen LogP contribution in [0.5, 0.6) is 0 Å². The minimum atomic E-state index is -4.51. The van der Waals surface area contributed by atoms with Gasteiger partial charge in [0.2, 0.25) is 0 Å². The first-order valence-electron chi connectivity index (χ1n) is 7.99. The summed E-state index contributed by atoms with van der Waals surface area (Å²) in [7, 11) is 0. The topological polar surface area (TPSA) is 74.2 Å². The number of rotatable bonds is 3. The van der Waals surface area contributed by atoms with E-state index in [1.54, 1.807) is 22.2 Å². The van der Waals surface area contributed by atoms with Crippen LogP contribution in [-0.2, 0) is 12.7 Å². The molecule has 1 N–H and O–H groups in total. The van der Waals surface area contributed by atoms with Crippen LogP contribution in [0.25, 0.3) is 0 Å². The minimum Gasteiger partial charge on any atom is -0.353 e. The van der Waals surface area contributed by atoms with E-state index in [0.29, 0.717) is 32.7 Å². The number of halogens is 3. The molecule has 1 fully saturated rings. The van der Waals surface area contributed by atoms with Crippen molar-refractivity contribution in [2.45, 2.75) is 12.7 Å². The molecular weight excluding hydrogens is 349 g/mol. The quantitative estimate of drug-likeness (QED) is 0.899. The van der Waals surface area contributed by atoms with Crippen molar-refractivity contribution in [1.82, 2.24) is 25.2 Å². The van der Waals surface area contributed by atoms with Crippen LogP contribution in [0.2, 0.25) is 0 Å². The highest BCUT2D eigenvalue weighted by molar-refractivity contribution is 5.74. The first-order valence-corrected chi connectivity index (χ1v) is 7.99. The van der Waals surface area contributed by atoms with Crippen LogP contribution < -0.4 is 10.2 Å². The molecule has 3 rings (SSSR count). The van der Waals surface area contributed by atoms with E-state index in [1.807, 2.05) is 12.1 Å². The van der Waals surface area contributed by atoms with E-state index in [1.165, 1.54) is 0 Å². The van der Waals surface area contributed by atoms with Crippen LogP contribution in [0.3, 0.4) is 0 Å². The molecule has 0 saturated carbocycles. The lowest BCUT2D eigenvalue weighted by molar-refractivity contribution is -0.141. The van der Waals surface area contributed by atoms with Gasteiger partial charge in [-0.1, -0.05) is 0 Å². The Hall–Kier alpha value is -2.91. The molecule has 0 atom stereocenters. The maximum absolute atomic E-state index is 12.8. The number of hydrogen-bond donors (Lipinski definition) is 1. The van der Waals surface area contributed by atoms with Crippen molar-refractivity contribution < 1.29 is 18.0 Å². The fourth-order valence-electron chi connectivity index (χ4n) is 2.60. The number of hydrogen-bond acceptors (Lipinski definition) is 5. The van der Waals surface area contributed by atoms with E-state index < -0.39 is 11.9 Å². The van der Waals surface area contributed by atoms with Gasteiger partial charge in [-0.05, 0) is 17.7 Å². The van der Waals surface area contributed by atoms with Gasteiger partial charge in [0, 0.05) is 51.2 Å². The van der Waals surface area contributed by atoms with Crippen molar-refractivity contribution in [3.63, 3.8) is 0 Å². The number of anilines is 1. The number of amides is 2. The standard InChI is InChI=1S/C16H17F3N6O/c17-16(18,19)13-9-14(23-11-22-13)24-5-7-25(8-6-24)15(26)21-10-12-1-3-20-4-2-12/h1-4,9,11H,5-8,10H2,(H,21,26). The van der Waals surface area contributed by atoms with E-state index in [4.69, 9.17) is 0 Å². The van der Waals surface area contributed by atoms with Crippen LogP contribution in [0, 0.1) is 0 Å².